The Labute approximate surface area is 162 Å². The van der Waals surface area contributed by atoms with Crippen LogP contribution in [0, 0.1) is 18.7 Å². The Kier molecular flexibility index (Phi) is 4.55. The molecule has 0 aromatic heterocycles. The zero-order valence-electron chi connectivity index (χ0n) is 15.6. The van der Waals surface area contributed by atoms with E-state index in [0.29, 0.717) is 28.2 Å². The number of carbonyl (C=O) groups is 2. The second-order valence-electron chi connectivity index (χ2n) is 7.12. The van der Waals surface area contributed by atoms with Gasteiger partial charge in [0, 0.05) is 22.6 Å². The van der Waals surface area contributed by atoms with Gasteiger partial charge in [0.1, 0.15) is 23.1 Å². The van der Waals surface area contributed by atoms with Crippen LogP contribution in [-0.2, 0) is 4.79 Å². The molecule has 3 nitrogen and oxygen atoms in total. The number of carbonyl (C=O) groups excluding carboxylic acids is 2. The second-order valence-corrected chi connectivity index (χ2v) is 7.12. The molecule has 0 radical (unpaired) electrons. The van der Waals surface area contributed by atoms with E-state index in [1.54, 1.807) is 24.3 Å². The van der Waals surface area contributed by atoms with E-state index in [1.165, 1.54) is 19.1 Å². The summed E-state index contributed by atoms with van der Waals surface area (Å²) in [4.78, 5) is 26.0. The van der Waals surface area contributed by atoms with Gasteiger partial charge in [-0.3, -0.25) is 9.59 Å². The van der Waals surface area contributed by atoms with Crippen molar-refractivity contribution in [1.82, 2.24) is 0 Å². The van der Waals surface area contributed by atoms with Crippen molar-refractivity contribution in [2.45, 2.75) is 19.8 Å². The highest BCUT2D eigenvalue weighted by molar-refractivity contribution is 6.11. The number of aryl methyl sites for hydroxylation is 1. The summed E-state index contributed by atoms with van der Waals surface area (Å²) in [5.41, 5.74) is 2.72. The van der Waals surface area contributed by atoms with E-state index in [2.05, 4.69) is 0 Å². The van der Waals surface area contributed by atoms with Gasteiger partial charge in [-0.05, 0) is 38.1 Å². The molecule has 0 spiro atoms. The first-order valence-corrected chi connectivity index (χ1v) is 9.13. The molecule has 1 heterocycles. The van der Waals surface area contributed by atoms with Crippen molar-refractivity contribution >= 4 is 11.6 Å². The minimum absolute atomic E-state index is 0.262. The molecule has 0 N–H and O–H groups in total. The van der Waals surface area contributed by atoms with Crippen molar-refractivity contribution in [2.75, 3.05) is 0 Å². The van der Waals surface area contributed by atoms with E-state index in [4.69, 9.17) is 4.74 Å². The Morgan fingerprint density at radius 2 is 1.61 bits per heavy atom. The standard InChI is InChI=1S/C24H19FO3/c1-14-7-9-16(10-8-14)24(27)22(15(2)26)23-18-5-3-4-6-20(18)28-21-12-11-17(25)13-19(21)23/h3-13,22-23H,1-2H3/t22-,23-/m0/s1. The molecule has 0 saturated carbocycles. The molecule has 3 aromatic carbocycles. The largest absolute Gasteiger partial charge is 0.457 e. The van der Waals surface area contributed by atoms with Gasteiger partial charge in [-0.25, -0.2) is 4.39 Å². The van der Waals surface area contributed by atoms with E-state index in [-0.39, 0.29) is 11.6 Å². The number of hydrogen-bond acceptors (Lipinski definition) is 3. The number of fused-ring (bicyclic) bond motifs is 2. The van der Waals surface area contributed by atoms with Crippen LogP contribution in [-0.4, -0.2) is 11.6 Å². The normalized spacial score (nSPS) is 15.8. The average Bonchev–Trinajstić information content (AvgIpc) is 2.68. The van der Waals surface area contributed by atoms with Crippen molar-refractivity contribution in [3.8, 4) is 11.5 Å². The molecule has 28 heavy (non-hydrogen) atoms. The maximum atomic E-state index is 14.1. The molecule has 0 saturated heterocycles. The third-order valence-corrected chi connectivity index (χ3v) is 5.17. The van der Waals surface area contributed by atoms with Crippen molar-refractivity contribution in [3.63, 3.8) is 0 Å². The number of ketones is 2. The van der Waals surface area contributed by atoms with Gasteiger partial charge < -0.3 is 4.74 Å². The van der Waals surface area contributed by atoms with Crippen LogP contribution in [0.1, 0.15) is 39.9 Å². The Hall–Kier alpha value is -3.27. The number of halogens is 1. The summed E-state index contributed by atoms with van der Waals surface area (Å²) in [6.07, 6.45) is 0. The van der Waals surface area contributed by atoms with Crippen LogP contribution >= 0.6 is 0 Å². The second kappa shape index (κ2) is 7.04. The van der Waals surface area contributed by atoms with Crippen molar-refractivity contribution < 1.29 is 18.7 Å². The SMILES string of the molecule is CC(=O)[C@H](C(=O)c1ccc(C)cc1)[C@H]1c2ccccc2Oc2ccc(F)cc21. The number of hydrogen-bond donors (Lipinski definition) is 0. The topological polar surface area (TPSA) is 43.4 Å². The fourth-order valence-electron chi connectivity index (χ4n) is 3.80. The number of para-hydroxylation sites is 1. The Morgan fingerprint density at radius 1 is 0.929 bits per heavy atom. The van der Waals surface area contributed by atoms with E-state index in [9.17, 15) is 14.0 Å². The summed E-state index contributed by atoms with van der Waals surface area (Å²) in [5.74, 6) is -1.50. The van der Waals surface area contributed by atoms with Gasteiger partial charge in [0.15, 0.2) is 5.78 Å². The first-order valence-electron chi connectivity index (χ1n) is 9.13. The van der Waals surface area contributed by atoms with Crippen molar-refractivity contribution in [2.24, 2.45) is 5.92 Å². The fourth-order valence-corrected chi connectivity index (χ4v) is 3.80. The van der Waals surface area contributed by atoms with Gasteiger partial charge in [-0.1, -0.05) is 48.0 Å². The molecule has 4 rings (SSSR count). The molecule has 0 unspecified atom stereocenters. The lowest BCUT2D eigenvalue weighted by atomic mass is 9.74. The van der Waals surface area contributed by atoms with Crippen LogP contribution in [0.25, 0.3) is 0 Å². The van der Waals surface area contributed by atoms with Gasteiger partial charge in [-0.15, -0.1) is 0 Å². The zero-order valence-corrected chi connectivity index (χ0v) is 15.6. The molecular weight excluding hydrogens is 355 g/mol. The molecule has 0 aliphatic carbocycles. The van der Waals surface area contributed by atoms with Crippen LogP contribution in [0.5, 0.6) is 11.5 Å². The minimum atomic E-state index is -0.965. The minimum Gasteiger partial charge on any atom is -0.457 e. The van der Waals surface area contributed by atoms with Crippen LogP contribution in [0.2, 0.25) is 0 Å². The molecule has 140 valence electrons. The fraction of sp³-hybridized carbons (Fsp3) is 0.167. The maximum Gasteiger partial charge on any atom is 0.174 e. The Balaban J connectivity index is 1.89. The number of ether oxygens (including phenoxy) is 1. The highest BCUT2D eigenvalue weighted by atomic mass is 19.1. The lowest BCUT2D eigenvalue weighted by Gasteiger charge is -2.32. The molecule has 0 amide bonds. The lowest BCUT2D eigenvalue weighted by molar-refractivity contribution is -0.119. The van der Waals surface area contributed by atoms with Gasteiger partial charge in [0.05, 0.1) is 5.92 Å². The summed E-state index contributed by atoms with van der Waals surface area (Å²) < 4.78 is 20.0. The van der Waals surface area contributed by atoms with Gasteiger partial charge in [0.25, 0.3) is 0 Å². The highest BCUT2D eigenvalue weighted by Gasteiger charge is 2.40. The third kappa shape index (κ3) is 3.11. The van der Waals surface area contributed by atoms with E-state index in [0.717, 1.165) is 5.56 Å². The Bertz CT molecular complexity index is 1070. The van der Waals surface area contributed by atoms with Crippen LogP contribution in [0.15, 0.2) is 66.7 Å². The molecule has 0 bridgehead atoms. The van der Waals surface area contributed by atoms with Gasteiger partial charge in [0.2, 0.25) is 0 Å². The van der Waals surface area contributed by atoms with E-state index in [1.807, 2.05) is 37.3 Å². The number of Topliss-reactive ketones (excluding diaryl/α,β-unsaturated/α-hetero) is 2. The molecule has 3 aromatic rings. The van der Waals surface area contributed by atoms with Crippen molar-refractivity contribution in [3.05, 3.63) is 94.8 Å². The quantitative estimate of drug-likeness (QED) is 0.450. The first-order chi connectivity index (χ1) is 13.5. The monoisotopic (exact) mass is 374 g/mol. The molecule has 0 fully saturated rings. The number of rotatable bonds is 4. The molecule has 1 aliphatic rings. The van der Waals surface area contributed by atoms with Gasteiger partial charge in [-0.2, -0.15) is 0 Å². The van der Waals surface area contributed by atoms with E-state index >= 15 is 0 Å². The maximum absolute atomic E-state index is 14.1. The molecule has 1 aliphatic heterocycles. The van der Waals surface area contributed by atoms with Crippen LogP contribution in [0.4, 0.5) is 4.39 Å². The average molecular weight is 374 g/mol. The molecule has 2 atom stereocenters. The summed E-state index contributed by atoms with van der Waals surface area (Å²) in [6.45, 7) is 3.35. The Morgan fingerprint density at radius 3 is 2.32 bits per heavy atom. The molecular formula is C24H19FO3. The summed E-state index contributed by atoms with van der Waals surface area (Å²) in [6, 6.07) is 18.6. The summed E-state index contributed by atoms with van der Waals surface area (Å²) >= 11 is 0. The smallest absolute Gasteiger partial charge is 0.174 e. The lowest BCUT2D eigenvalue weighted by Crippen LogP contribution is -2.31. The third-order valence-electron chi connectivity index (χ3n) is 5.17. The van der Waals surface area contributed by atoms with Crippen LogP contribution < -0.4 is 4.74 Å². The van der Waals surface area contributed by atoms with Gasteiger partial charge >= 0.3 is 0 Å². The highest BCUT2D eigenvalue weighted by Crippen LogP contribution is 2.48. The van der Waals surface area contributed by atoms with Crippen molar-refractivity contribution in [1.29, 1.82) is 0 Å². The zero-order chi connectivity index (χ0) is 19.8. The van der Waals surface area contributed by atoms with E-state index < -0.39 is 17.7 Å². The van der Waals surface area contributed by atoms with Crippen LogP contribution in [0.3, 0.4) is 0 Å². The first kappa shape index (κ1) is 18.1. The predicted molar refractivity (Wildman–Crippen MR) is 104 cm³/mol. The number of benzene rings is 3. The molecule has 4 heteroatoms. The summed E-state index contributed by atoms with van der Waals surface area (Å²) in [5, 5.41) is 0. The predicted octanol–water partition coefficient (Wildman–Crippen LogP) is 5.46. The summed E-state index contributed by atoms with van der Waals surface area (Å²) in [7, 11) is 0.